The van der Waals surface area contributed by atoms with Gasteiger partial charge in [-0.15, -0.1) is 0 Å². The number of nitrogens with one attached hydrogen (secondary N) is 1. The van der Waals surface area contributed by atoms with Crippen molar-refractivity contribution in [2.75, 3.05) is 40.5 Å². The van der Waals surface area contributed by atoms with Crippen LogP contribution in [0.4, 0.5) is 0 Å². The molecule has 0 radical (unpaired) electrons. The van der Waals surface area contributed by atoms with Gasteiger partial charge in [0.1, 0.15) is 30.0 Å². The van der Waals surface area contributed by atoms with Crippen LogP contribution in [0.5, 0.6) is 17.2 Å². The normalized spacial score (nSPS) is 14.4. The van der Waals surface area contributed by atoms with Gasteiger partial charge < -0.3 is 35.0 Å². The molecule has 246 valence electrons. The fourth-order valence-corrected chi connectivity index (χ4v) is 6.07. The van der Waals surface area contributed by atoms with Crippen molar-refractivity contribution in [3.63, 3.8) is 0 Å². The fourth-order valence-electron chi connectivity index (χ4n) is 6.07. The number of methoxy groups -OCH3 is 2. The van der Waals surface area contributed by atoms with Gasteiger partial charge in [0.05, 0.1) is 14.2 Å². The Kier molecular flexibility index (Phi) is 15.2. The number of carbonyl (C=O) groups is 1. The predicted octanol–water partition coefficient (Wildman–Crippen LogP) is 5.17. The van der Waals surface area contributed by atoms with Gasteiger partial charge in [-0.1, -0.05) is 60.7 Å². The van der Waals surface area contributed by atoms with Crippen molar-refractivity contribution in [2.45, 2.75) is 70.4 Å². The van der Waals surface area contributed by atoms with Crippen molar-refractivity contribution in [3.05, 3.63) is 89.5 Å². The third-order valence-corrected chi connectivity index (χ3v) is 8.66. The molecule has 0 aliphatic carbocycles. The summed E-state index contributed by atoms with van der Waals surface area (Å²) in [6.45, 7) is 4.18. The summed E-state index contributed by atoms with van der Waals surface area (Å²) < 4.78 is 16.7. The smallest absolute Gasteiger partial charge is 0.223 e. The average Bonchev–Trinajstić information content (AvgIpc) is 3.05. The van der Waals surface area contributed by atoms with Crippen molar-refractivity contribution < 1.29 is 29.6 Å². The SMILES string of the molecule is COc1cc(OCC(O)CN2CCC(C(=O)NC(CCCc3ccccc3)CCCc3ccccc3)CC2)cc(OC)c1C.O. The molecule has 8 heteroatoms. The third kappa shape index (κ3) is 11.7. The van der Waals surface area contributed by atoms with E-state index >= 15 is 0 Å². The molecule has 0 bridgehead atoms. The van der Waals surface area contributed by atoms with Crippen LogP contribution in [0.1, 0.15) is 55.2 Å². The first kappa shape index (κ1) is 35.9. The number of ether oxygens (including phenoxy) is 3. The lowest BCUT2D eigenvalue weighted by Gasteiger charge is -2.33. The van der Waals surface area contributed by atoms with Crippen LogP contribution in [0.25, 0.3) is 0 Å². The molecule has 45 heavy (non-hydrogen) atoms. The number of piperidine rings is 1. The van der Waals surface area contributed by atoms with Crippen LogP contribution < -0.4 is 19.5 Å². The number of carbonyl (C=O) groups excluding carboxylic acids is 1. The van der Waals surface area contributed by atoms with E-state index < -0.39 is 6.10 Å². The van der Waals surface area contributed by atoms with Gasteiger partial charge in [-0.25, -0.2) is 0 Å². The fraction of sp³-hybridized carbons (Fsp3) is 0.486. The summed E-state index contributed by atoms with van der Waals surface area (Å²) in [6.07, 6.45) is 7.10. The van der Waals surface area contributed by atoms with Gasteiger partial charge in [-0.05, 0) is 82.5 Å². The quantitative estimate of drug-likeness (QED) is 0.215. The maximum Gasteiger partial charge on any atom is 0.223 e. The van der Waals surface area contributed by atoms with E-state index in [9.17, 15) is 9.90 Å². The minimum atomic E-state index is -0.641. The van der Waals surface area contributed by atoms with Crippen LogP contribution in [0.3, 0.4) is 0 Å². The standard InChI is InChI=1S/C37H50N2O5.H2O/c1-28-35(42-2)24-34(25-36(28)43-3)44-27-33(40)26-39-22-20-31(21-23-39)37(41)38-32(18-10-16-29-12-6-4-7-13-29)19-11-17-30-14-8-5-9-15-30;/h4-9,12-15,24-25,31-33,40H,10-11,16-23,26-27H2,1-3H3,(H,38,41);1H2. The number of aryl methyl sites for hydroxylation is 2. The van der Waals surface area contributed by atoms with Crippen LogP contribution in [0.15, 0.2) is 72.8 Å². The lowest BCUT2D eigenvalue weighted by molar-refractivity contribution is -0.127. The molecule has 1 fully saturated rings. The molecule has 8 nitrogen and oxygen atoms in total. The number of aliphatic hydroxyl groups excluding tert-OH is 1. The number of β-amino-alcohol motifs (C(OH)–C–C–N with tert-alkyl or cyclic N) is 1. The summed E-state index contributed by atoms with van der Waals surface area (Å²) in [7, 11) is 3.23. The highest BCUT2D eigenvalue weighted by molar-refractivity contribution is 5.79. The minimum Gasteiger partial charge on any atom is -0.496 e. The lowest BCUT2D eigenvalue weighted by atomic mass is 9.94. The molecule has 3 aromatic rings. The maximum atomic E-state index is 13.4. The molecule has 1 atom stereocenters. The van der Waals surface area contributed by atoms with Crippen molar-refractivity contribution >= 4 is 5.91 Å². The number of rotatable bonds is 17. The topological polar surface area (TPSA) is 112 Å². The first-order chi connectivity index (χ1) is 21.4. The van der Waals surface area contributed by atoms with Gasteiger partial charge in [-0.3, -0.25) is 4.79 Å². The molecule has 1 aliphatic rings. The monoisotopic (exact) mass is 620 g/mol. The van der Waals surface area contributed by atoms with E-state index in [-0.39, 0.29) is 30.0 Å². The molecular formula is C37H52N2O6. The minimum absolute atomic E-state index is 0. The van der Waals surface area contributed by atoms with E-state index in [2.05, 4.69) is 70.9 Å². The summed E-state index contributed by atoms with van der Waals surface area (Å²) in [4.78, 5) is 15.6. The molecule has 1 amide bonds. The number of amides is 1. The van der Waals surface area contributed by atoms with Gasteiger partial charge in [0.2, 0.25) is 5.91 Å². The van der Waals surface area contributed by atoms with Crippen molar-refractivity contribution in [2.24, 2.45) is 5.92 Å². The Balaban J connectivity index is 0.00000552. The van der Waals surface area contributed by atoms with Crippen molar-refractivity contribution in [3.8, 4) is 17.2 Å². The number of hydrogen-bond acceptors (Lipinski definition) is 6. The highest BCUT2D eigenvalue weighted by atomic mass is 16.5. The van der Waals surface area contributed by atoms with Crippen LogP contribution >= 0.6 is 0 Å². The average molecular weight is 621 g/mol. The van der Waals surface area contributed by atoms with Crippen LogP contribution in [0, 0.1) is 12.8 Å². The summed E-state index contributed by atoms with van der Waals surface area (Å²) >= 11 is 0. The second-order valence-corrected chi connectivity index (χ2v) is 12.0. The molecule has 0 spiro atoms. The Morgan fingerprint density at radius 3 is 1.89 bits per heavy atom. The summed E-state index contributed by atoms with van der Waals surface area (Å²) in [5.74, 6) is 2.16. The second kappa shape index (κ2) is 19.0. The summed E-state index contributed by atoms with van der Waals surface area (Å²) in [5.41, 5.74) is 3.60. The number of aliphatic hydroxyl groups is 1. The Bertz CT molecular complexity index is 1190. The summed E-state index contributed by atoms with van der Waals surface area (Å²) in [5, 5.41) is 14.1. The molecule has 0 aromatic heterocycles. The van der Waals surface area contributed by atoms with Gasteiger partial charge >= 0.3 is 0 Å². The first-order valence-electron chi connectivity index (χ1n) is 16.1. The Labute approximate surface area is 269 Å². The van der Waals surface area contributed by atoms with E-state index in [1.165, 1.54) is 11.1 Å². The zero-order valence-electron chi connectivity index (χ0n) is 27.2. The summed E-state index contributed by atoms with van der Waals surface area (Å²) in [6, 6.07) is 25.0. The molecule has 1 unspecified atom stereocenters. The molecule has 1 heterocycles. The van der Waals surface area contributed by atoms with Crippen LogP contribution in [-0.2, 0) is 17.6 Å². The van der Waals surface area contributed by atoms with Gasteiger partial charge in [0.15, 0.2) is 0 Å². The van der Waals surface area contributed by atoms with E-state index in [4.69, 9.17) is 14.2 Å². The Hall–Kier alpha value is -3.59. The number of benzene rings is 3. The number of nitrogens with zero attached hydrogens (tertiary/aromatic N) is 1. The lowest BCUT2D eigenvalue weighted by Crippen LogP contribution is -2.46. The van der Waals surface area contributed by atoms with E-state index in [1.807, 2.05) is 19.1 Å². The predicted molar refractivity (Wildman–Crippen MR) is 179 cm³/mol. The Morgan fingerprint density at radius 2 is 1.40 bits per heavy atom. The molecule has 1 saturated heterocycles. The molecule has 0 saturated carbocycles. The van der Waals surface area contributed by atoms with Gasteiger partial charge in [-0.2, -0.15) is 0 Å². The van der Waals surface area contributed by atoms with Gasteiger partial charge in [0, 0.05) is 36.2 Å². The van der Waals surface area contributed by atoms with Crippen molar-refractivity contribution in [1.82, 2.24) is 10.2 Å². The Morgan fingerprint density at radius 1 is 0.889 bits per heavy atom. The number of likely N-dealkylation sites (tertiary alicyclic amines) is 1. The van der Waals surface area contributed by atoms with E-state index in [0.717, 1.165) is 70.0 Å². The molecule has 3 aromatic carbocycles. The van der Waals surface area contributed by atoms with E-state index in [0.29, 0.717) is 23.8 Å². The third-order valence-electron chi connectivity index (χ3n) is 8.66. The highest BCUT2D eigenvalue weighted by Gasteiger charge is 2.27. The molecule has 4 rings (SSSR count). The van der Waals surface area contributed by atoms with Crippen molar-refractivity contribution in [1.29, 1.82) is 0 Å². The van der Waals surface area contributed by atoms with E-state index in [1.54, 1.807) is 14.2 Å². The highest BCUT2D eigenvalue weighted by Crippen LogP contribution is 2.33. The second-order valence-electron chi connectivity index (χ2n) is 12.0. The molecule has 4 N–H and O–H groups in total. The zero-order valence-corrected chi connectivity index (χ0v) is 27.2. The van der Waals surface area contributed by atoms with Gasteiger partial charge in [0.25, 0.3) is 0 Å². The first-order valence-corrected chi connectivity index (χ1v) is 16.1. The number of hydrogen-bond donors (Lipinski definition) is 2. The molecule has 1 aliphatic heterocycles. The maximum absolute atomic E-state index is 13.4. The van der Waals surface area contributed by atoms with Crippen LogP contribution in [-0.4, -0.2) is 74.0 Å². The molecular weight excluding hydrogens is 568 g/mol. The van der Waals surface area contributed by atoms with Crippen LogP contribution in [0.2, 0.25) is 0 Å². The zero-order chi connectivity index (χ0) is 31.1. The largest absolute Gasteiger partial charge is 0.496 e.